The van der Waals surface area contributed by atoms with Gasteiger partial charge in [0.15, 0.2) is 10.9 Å². The number of furan rings is 1. The van der Waals surface area contributed by atoms with Crippen molar-refractivity contribution in [1.82, 2.24) is 25.3 Å². The molecule has 0 atom stereocenters. The van der Waals surface area contributed by atoms with Gasteiger partial charge in [-0.25, -0.2) is 15.0 Å². The van der Waals surface area contributed by atoms with Crippen molar-refractivity contribution in [2.24, 2.45) is 0 Å². The molecule has 8 heteroatoms. The van der Waals surface area contributed by atoms with Crippen LogP contribution in [0.5, 0.6) is 0 Å². The van der Waals surface area contributed by atoms with Crippen LogP contribution >= 0.6 is 11.8 Å². The number of nitrogens with zero attached hydrogens (tertiary/aromatic N) is 3. The second-order valence-electron chi connectivity index (χ2n) is 4.67. The summed E-state index contributed by atoms with van der Waals surface area (Å²) >= 11 is 1.46. The van der Waals surface area contributed by atoms with E-state index in [1.807, 2.05) is 0 Å². The lowest BCUT2D eigenvalue weighted by Crippen LogP contribution is -2.25. The number of rotatable bonds is 7. The van der Waals surface area contributed by atoms with E-state index in [4.69, 9.17) is 4.42 Å². The number of amides is 1. The smallest absolute Gasteiger partial charge is 0.287 e. The van der Waals surface area contributed by atoms with Crippen molar-refractivity contribution in [2.75, 3.05) is 6.54 Å². The van der Waals surface area contributed by atoms with Crippen LogP contribution in [0, 0.1) is 0 Å². The Morgan fingerprint density at radius 1 is 1.30 bits per heavy atom. The predicted octanol–water partition coefficient (Wildman–Crippen LogP) is 2.06. The van der Waals surface area contributed by atoms with Crippen molar-refractivity contribution in [1.29, 1.82) is 0 Å². The van der Waals surface area contributed by atoms with Crippen molar-refractivity contribution in [3.63, 3.8) is 0 Å². The molecule has 0 aliphatic carbocycles. The van der Waals surface area contributed by atoms with Crippen LogP contribution in [-0.2, 0) is 12.2 Å². The number of carbonyl (C=O) groups is 1. The van der Waals surface area contributed by atoms with Gasteiger partial charge in [-0.05, 0) is 18.2 Å². The average molecular weight is 329 g/mol. The van der Waals surface area contributed by atoms with Gasteiger partial charge < -0.3 is 14.7 Å². The van der Waals surface area contributed by atoms with Crippen LogP contribution in [0.3, 0.4) is 0 Å². The highest BCUT2D eigenvalue weighted by Crippen LogP contribution is 2.20. The Kier molecular flexibility index (Phi) is 5.05. The standard InChI is InChI=1S/C15H15N5O2S/c21-14(17-7-4-11-8-16-10-20-11)13-3-2-12(22-13)9-23-15-18-5-1-6-19-15/h1-3,5-6,8,10H,4,7,9H2,(H,16,20)(H,17,21). The van der Waals surface area contributed by atoms with Crippen molar-refractivity contribution in [3.05, 3.63) is 60.3 Å². The van der Waals surface area contributed by atoms with E-state index in [0.29, 0.717) is 35.4 Å². The molecule has 3 aromatic rings. The van der Waals surface area contributed by atoms with E-state index in [2.05, 4.69) is 25.3 Å². The highest BCUT2D eigenvalue weighted by molar-refractivity contribution is 7.98. The molecule has 3 heterocycles. The van der Waals surface area contributed by atoms with Gasteiger partial charge >= 0.3 is 0 Å². The fraction of sp³-hybridized carbons (Fsp3) is 0.200. The van der Waals surface area contributed by atoms with Crippen LogP contribution in [0.2, 0.25) is 0 Å². The SMILES string of the molecule is O=C(NCCc1cnc[nH]1)c1ccc(CSc2ncccn2)o1. The third-order valence-corrected chi connectivity index (χ3v) is 3.90. The Hall–Kier alpha value is -2.61. The molecule has 0 aliphatic rings. The summed E-state index contributed by atoms with van der Waals surface area (Å²) in [6.45, 7) is 0.518. The molecule has 23 heavy (non-hydrogen) atoms. The van der Waals surface area contributed by atoms with Gasteiger partial charge in [-0.1, -0.05) is 11.8 Å². The zero-order valence-corrected chi connectivity index (χ0v) is 13.0. The summed E-state index contributed by atoms with van der Waals surface area (Å²) in [4.78, 5) is 27.2. The van der Waals surface area contributed by atoms with E-state index in [1.165, 1.54) is 11.8 Å². The first-order chi connectivity index (χ1) is 11.3. The molecular weight excluding hydrogens is 314 g/mol. The summed E-state index contributed by atoms with van der Waals surface area (Å²) in [5, 5.41) is 3.49. The van der Waals surface area contributed by atoms with E-state index in [0.717, 1.165) is 5.69 Å². The maximum atomic E-state index is 12.0. The Balaban J connectivity index is 1.47. The number of imidazole rings is 1. The Morgan fingerprint density at radius 3 is 2.96 bits per heavy atom. The minimum atomic E-state index is -0.225. The van der Waals surface area contributed by atoms with Gasteiger partial charge in [-0.3, -0.25) is 4.79 Å². The molecule has 3 rings (SSSR count). The molecule has 0 radical (unpaired) electrons. The van der Waals surface area contributed by atoms with Gasteiger partial charge in [0.05, 0.1) is 12.1 Å². The van der Waals surface area contributed by atoms with E-state index < -0.39 is 0 Å². The van der Waals surface area contributed by atoms with Crippen molar-refractivity contribution >= 4 is 17.7 Å². The molecule has 118 valence electrons. The lowest BCUT2D eigenvalue weighted by molar-refractivity contribution is 0.0925. The van der Waals surface area contributed by atoms with Gasteiger partial charge in [0.2, 0.25) is 0 Å². The molecular formula is C15H15N5O2S. The molecule has 3 aromatic heterocycles. The number of H-pyrrole nitrogens is 1. The summed E-state index contributed by atoms with van der Waals surface area (Å²) in [5.74, 6) is 1.36. The van der Waals surface area contributed by atoms with Gasteiger partial charge in [0.1, 0.15) is 5.76 Å². The number of hydrogen-bond donors (Lipinski definition) is 2. The van der Waals surface area contributed by atoms with Crippen LogP contribution in [-0.4, -0.2) is 32.4 Å². The summed E-state index contributed by atoms with van der Waals surface area (Å²) in [6.07, 6.45) is 7.43. The second kappa shape index (κ2) is 7.59. The van der Waals surface area contributed by atoms with E-state index in [1.54, 1.807) is 43.1 Å². The van der Waals surface area contributed by atoms with Gasteiger partial charge in [-0.2, -0.15) is 0 Å². The number of carbonyl (C=O) groups excluding carboxylic acids is 1. The summed E-state index contributed by atoms with van der Waals surface area (Å²) in [7, 11) is 0. The van der Waals surface area contributed by atoms with Crippen molar-refractivity contribution < 1.29 is 9.21 Å². The fourth-order valence-corrected chi connectivity index (χ4v) is 2.59. The van der Waals surface area contributed by atoms with Crippen LogP contribution < -0.4 is 5.32 Å². The second-order valence-corrected chi connectivity index (χ2v) is 5.61. The lowest BCUT2D eigenvalue weighted by Gasteiger charge is -2.01. The number of nitrogens with one attached hydrogen (secondary N) is 2. The topological polar surface area (TPSA) is 96.7 Å². The third-order valence-electron chi connectivity index (χ3n) is 3.01. The minimum Gasteiger partial charge on any atom is -0.455 e. The third kappa shape index (κ3) is 4.43. The molecule has 0 bridgehead atoms. The highest BCUT2D eigenvalue weighted by Gasteiger charge is 2.11. The highest BCUT2D eigenvalue weighted by atomic mass is 32.2. The molecule has 1 amide bonds. The number of thioether (sulfide) groups is 1. The van der Waals surface area contributed by atoms with Crippen molar-refractivity contribution in [2.45, 2.75) is 17.3 Å². The van der Waals surface area contributed by atoms with Gasteiger partial charge in [-0.15, -0.1) is 0 Å². The molecule has 0 fully saturated rings. The maximum Gasteiger partial charge on any atom is 0.287 e. The van der Waals surface area contributed by atoms with E-state index in [9.17, 15) is 4.79 Å². The summed E-state index contributed by atoms with van der Waals surface area (Å²) in [6, 6.07) is 5.23. The van der Waals surface area contributed by atoms with Crippen LogP contribution in [0.4, 0.5) is 0 Å². The summed E-state index contributed by atoms with van der Waals surface area (Å²) in [5.41, 5.74) is 0.977. The quantitative estimate of drug-likeness (QED) is 0.509. The molecule has 2 N–H and O–H groups in total. The maximum absolute atomic E-state index is 12.0. The predicted molar refractivity (Wildman–Crippen MR) is 84.9 cm³/mol. The van der Waals surface area contributed by atoms with Crippen LogP contribution in [0.15, 0.2) is 52.7 Å². The molecule has 0 saturated carbocycles. The first-order valence-corrected chi connectivity index (χ1v) is 8.04. The average Bonchev–Trinajstić information content (AvgIpc) is 3.25. The Morgan fingerprint density at radius 2 is 2.17 bits per heavy atom. The summed E-state index contributed by atoms with van der Waals surface area (Å²) < 4.78 is 5.55. The Bertz CT molecular complexity index is 742. The Labute approximate surface area is 137 Å². The first kappa shape index (κ1) is 15.3. The lowest BCUT2D eigenvalue weighted by atomic mass is 10.3. The zero-order valence-electron chi connectivity index (χ0n) is 12.2. The molecule has 7 nitrogen and oxygen atoms in total. The monoisotopic (exact) mass is 329 g/mol. The van der Waals surface area contributed by atoms with Crippen molar-refractivity contribution in [3.8, 4) is 0 Å². The first-order valence-electron chi connectivity index (χ1n) is 7.05. The molecule has 0 saturated heterocycles. The molecule has 0 aliphatic heterocycles. The molecule has 0 unspecified atom stereocenters. The number of aromatic amines is 1. The normalized spacial score (nSPS) is 10.6. The van der Waals surface area contributed by atoms with E-state index >= 15 is 0 Å². The minimum absolute atomic E-state index is 0.225. The van der Waals surface area contributed by atoms with E-state index in [-0.39, 0.29) is 5.91 Å². The molecule has 0 spiro atoms. The number of hydrogen-bond acceptors (Lipinski definition) is 6. The number of aromatic nitrogens is 4. The zero-order chi connectivity index (χ0) is 15.9. The van der Waals surface area contributed by atoms with Crippen LogP contribution in [0.1, 0.15) is 22.0 Å². The largest absolute Gasteiger partial charge is 0.455 e. The fourth-order valence-electron chi connectivity index (χ4n) is 1.89. The van der Waals surface area contributed by atoms with Gasteiger partial charge in [0.25, 0.3) is 5.91 Å². The molecule has 0 aromatic carbocycles. The van der Waals surface area contributed by atoms with Gasteiger partial charge in [0, 0.05) is 37.3 Å². The van der Waals surface area contributed by atoms with Crippen LogP contribution in [0.25, 0.3) is 0 Å².